The van der Waals surface area contributed by atoms with Crippen molar-refractivity contribution in [2.75, 3.05) is 13.2 Å². The minimum Gasteiger partial charge on any atom is -1.00 e. The van der Waals surface area contributed by atoms with Crippen molar-refractivity contribution in [3.8, 4) is 0 Å². The Bertz CT molecular complexity index is 77.1. The molecule has 0 aromatic heterocycles. The van der Waals surface area contributed by atoms with Crippen molar-refractivity contribution in [3.63, 3.8) is 0 Å². The fourth-order valence-corrected chi connectivity index (χ4v) is 1.03. The summed E-state index contributed by atoms with van der Waals surface area (Å²) in [6, 6.07) is 0. The van der Waals surface area contributed by atoms with E-state index >= 15 is 0 Å². The van der Waals surface area contributed by atoms with Gasteiger partial charge in [-0.25, -0.2) is 0 Å². The summed E-state index contributed by atoms with van der Waals surface area (Å²) in [7, 11) is 0. The van der Waals surface area contributed by atoms with Gasteiger partial charge in [-0.05, 0) is 26.2 Å². The smallest absolute Gasteiger partial charge is 1.00 e. The monoisotopic (exact) mass is 224 g/mol. The van der Waals surface area contributed by atoms with Gasteiger partial charge in [0.2, 0.25) is 0 Å². The Morgan fingerprint density at radius 3 is 2.42 bits per heavy atom. The van der Waals surface area contributed by atoms with Crippen LogP contribution in [0.25, 0.3) is 0 Å². The second-order valence-corrected chi connectivity index (χ2v) is 2.25. The van der Waals surface area contributed by atoms with Crippen molar-refractivity contribution >= 4 is 23.1 Å². The molecule has 0 spiro atoms. The average Bonchev–Trinajstić information content (AvgIpc) is 1.91. The first kappa shape index (κ1) is 18.9. The number of ether oxygens (including phenoxy) is 2. The van der Waals surface area contributed by atoms with Gasteiger partial charge in [-0.2, -0.15) is 0 Å². The normalized spacial score (nSPS) is 21.2. The zero-order valence-corrected chi connectivity index (χ0v) is 10.3. The molecule has 0 N–H and O–H groups in total. The second kappa shape index (κ2) is 12.3. The fraction of sp³-hybridized carbons (Fsp3) is 1.00. The van der Waals surface area contributed by atoms with Crippen LogP contribution in [0.3, 0.4) is 0 Å². The van der Waals surface area contributed by atoms with Crippen molar-refractivity contribution in [2.24, 2.45) is 0 Å². The van der Waals surface area contributed by atoms with Gasteiger partial charge in [0.15, 0.2) is 6.29 Å². The Morgan fingerprint density at radius 2 is 2.00 bits per heavy atom. The molecule has 1 aliphatic rings. The maximum Gasteiger partial charge on any atom is 2.00 e. The number of hydrogen-bond donors (Lipinski definition) is 0. The third-order valence-corrected chi connectivity index (χ3v) is 1.49. The van der Waals surface area contributed by atoms with E-state index in [0.29, 0.717) is 0 Å². The SMILES string of the molecule is CCOC1CCCCO1.[Cl-].[Cl-].[Mg+2]. The molecule has 1 rings (SSSR count). The van der Waals surface area contributed by atoms with Gasteiger partial charge < -0.3 is 34.3 Å². The van der Waals surface area contributed by atoms with E-state index in [1.807, 2.05) is 6.92 Å². The summed E-state index contributed by atoms with van der Waals surface area (Å²) < 4.78 is 10.6. The van der Waals surface area contributed by atoms with E-state index < -0.39 is 0 Å². The molecule has 1 saturated heterocycles. The van der Waals surface area contributed by atoms with Crippen molar-refractivity contribution < 1.29 is 34.3 Å². The second-order valence-electron chi connectivity index (χ2n) is 2.25. The molecule has 0 bridgehead atoms. The maximum atomic E-state index is 5.30. The van der Waals surface area contributed by atoms with Gasteiger partial charge in [0, 0.05) is 13.2 Å². The predicted octanol–water partition coefficient (Wildman–Crippen LogP) is -4.82. The minimum atomic E-state index is 0. The largest absolute Gasteiger partial charge is 2.00 e. The number of rotatable bonds is 2. The summed E-state index contributed by atoms with van der Waals surface area (Å²) >= 11 is 0. The molecular weight excluding hydrogens is 211 g/mol. The van der Waals surface area contributed by atoms with Crippen LogP contribution in [0.4, 0.5) is 0 Å². The zero-order valence-electron chi connectivity index (χ0n) is 7.39. The van der Waals surface area contributed by atoms with Crippen LogP contribution in [0.15, 0.2) is 0 Å². The van der Waals surface area contributed by atoms with E-state index in [4.69, 9.17) is 9.47 Å². The summed E-state index contributed by atoms with van der Waals surface area (Å²) in [6.45, 7) is 3.65. The Balaban J connectivity index is -0.000000270. The van der Waals surface area contributed by atoms with Crippen LogP contribution in [0.5, 0.6) is 0 Å². The average molecular weight is 225 g/mol. The standard InChI is InChI=1S/C7H14O2.2ClH.Mg/c1-2-8-7-5-3-4-6-9-7;;;/h7H,2-6H2,1H3;2*1H;/q;;;+2/p-2. The van der Waals surface area contributed by atoms with Crippen LogP contribution in [-0.4, -0.2) is 42.6 Å². The van der Waals surface area contributed by atoms with E-state index in [0.717, 1.165) is 19.6 Å². The summed E-state index contributed by atoms with van der Waals surface area (Å²) in [6.07, 6.45) is 3.63. The van der Waals surface area contributed by atoms with Crippen molar-refractivity contribution in [1.82, 2.24) is 0 Å². The molecule has 1 fully saturated rings. The molecule has 0 aromatic rings. The van der Waals surface area contributed by atoms with E-state index in [2.05, 4.69) is 0 Å². The molecule has 1 heterocycles. The fourth-order valence-electron chi connectivity index (χ4n) is 1.03. The van der Waals surface area contributed by atoms with Gasteiger partial charge in [0.05, 0.1) is 0 Å². The first-order chi connectivity index (χ1) is 4.43. The van der Waals surface area contributed by atoms with Crippen LogP contribution in [-0.2, 0) is 9.47 Å². The van der Waals surface area contributed by atoms with Crippen molar-refractivity contribution in [2.45, 2.75) is 32.5 Å². The zero-order chi connectivity index (χ0) is 6.53. The summed E-state index contributed by atoms with van der Waals surface area (Å²) in [5, 5.41) is 0. The Labute approximate surface area is 103 Å². The molecule has 12 heavy (non-hydrogen) atoms. The van der Waals surface area contributed by atoms with E-state index in [9.17, 15) is 0 Å². The van der Waals surface area contributed by atoms with Gasteiger partial charge >= 0.3 is 23.1 Å². The number of hydrogen-bond acceptors (Lipinski definition) is 2. The van der Waals surface area contributed by atoms with Crippen LogP contribution in [0.2, 0.25) is 0 Å². The molecule has 0 radical (unpaired) electrons. The summed E-state index contributed by atoms with van der Waals surface area (Å²) in [5.74, 6) is 0. The third-order valence-electron chi connectivity index (χ3n) is 1.49. The molecule has 0 amide bonds. The van der Waals surface area contributed by atoms with Crippen molar-refractivity contribution in [1.29, 1.82) is 0 Å². The van der Waals surface area contributed by atoms with Crippen LogP contribution < -0.4 is 24.8 Å². The molecule has 0 aromatic carbocycles. The predicted molar refractivity (Wildman–Crippen MR) is 41.0 cm³/mol. The first-order valence-electron chi connectivity index (χ1n) is 3.66. The van der Waals surface area contributed by atoms with Crippen LogP contribution >= 0.6 is 0 Å². The van der Waals surface area contributed by atoms with Crippen LogP contribution in [0.1, 0.15) is 26.2 Å². The van der Waals surface area contributed by atoms with Gasteiger partial charge in [-0.15, -0.1) is 0 Å². The molecule has 0 saturated carbocycles. The van der Waals surface area contributed by atoms with Gasteiger partial charge in [-0.1, -0.05) is 0 Å². The van der Waals surface area contributed by atoms with Gasteiger partial charge in [-0.3, -0.25) is 0 Å². The maximum absolute atomic E-state index is 5.30. The Hall–Kier alpha value is 1.27. The third kappa shape index (κ3) is 7.89. The molecule has 1 aliphatic heterocycles. The quantitative estimate of drug-likeness (QED) is 0.439. The molecule has 1 atom stereocenters. The molecule has 2 nitrogen and oxygen atoms in total. The molecule has 5 heteroatoms. The molecule has 1 unspecified atom stereocenters. The van der Waals surface area contributed by atoms with E-state index in [-0.39, 0.29) is 54.2 Å². The van der Waals surface area contributed by atoms with Gasteiger partial charge in [0.25, 0.3) is 0 Å². The molecule has 0 aliphatic carbocycles. The van der Waals surface area contributed by atoms with E-state index in [1.54, 1.807) is 0 Å². The van der Waals surface area contributed by atoms with Crippen molar-refractivity contribution in [3.05, 3.63) is 0 Å². The topological polar surface area (TPSA) is 18.5 Å². The molecular formula is C7H14Cl2MgO2. The van der Waals surface area contributed by atoms with E-state index in [1.165, 1.54) is 12.8 Å². The van der Waals surface area contributed by atoms with Crippen LogP contribution in [0, 0.1) is 0 Å². The summed E-state index contributed by atoms with van der Waals surface area (Å²) in [4.78, 5) is 0. The first-order valence-corrected chi connectivity index (χ1v) is 3.66. The summed E-state index contributed by atoms with van der Waals surface area (Å²) in [5.41, 5.74) is 0. The Morgan fingerprint density at radius 1 is 1.33 bits per heavy atom. The number of halogens is 2. The minimum absolute atomic E-state index is 0. The van der Waals surface area contributed by atoms with Gasteiger partial charge in [0.1, 0.15) is 0 Å². The Kier molecular flexibility index (Phi) is 19.4. The molecule has 70 valence electrons.